The number of carbonyl (C=O) groups is 1. The summed E-state index contributed by atoms with van der Waals surface area (Å²) in [5.74, 6) is -0.556. The van der Waals surface area contributed by atoms with Crippen LogP contribution in [0.5, 0.6) is 0 Å². The van der Waals surface area contributed by atoms with Gasteiger partial charge in [0.25, 0.3) is 0 Å². The third kappa shape index (κ3) is 3.14. The summed E-state index contributed by atoms with van der Waals surface area (Å²) in [6, 6.07) is 8.38. The quantitative estimate of drug-likeness (QED) is 0.929. The average Bonchev–Trinajstić information content (AvgIpc) is 3.22. The maximum Gasteiger partial charge on any atom is 0.317 e. The van der Waals surface area contributed by atoms with Crippen molar-refractivity contribution >= 4 is 27.5 Å². The number of nitrogens with one attached hydrogen (secondary N) is 1. The van der Waals surface area contributed by atoms with Gasteiger partial charge in [-0.2, -0.15) is 0 Å². The lowest BCUT2D eigenvalue weighted by Crippen LogP contribution is -2.53. The summed E-state index contributed by atoms with van der Waals surface area (Å²) in [6.45, 7) is 3.19. The smallest absolute Gasteiger partial charge is 0.317 e. The van der Waals surface area contributed by atoms with Crippen molar-refractivity contribution in [3.8, 4) is 0 Å². The fraction of sp³-hybridized carbons (Fsp3) is 0.500. The second kappa shape index (κ2) is 6.70. The molecular weight excluding hydrogens is 324 g/mol. The number of urea groups is 1. The Balaban J connectivity index is 1.32. The zero-order chi connectivity index (χ0) is 16.4. The van der Waals surface area contributed by atoms with Gasteiger partial charge in [-0.1, -0.05) is 18.2 Å². The van der Waals surface area contributed by atoms with E-state index in [9.17, 15) is 4.79 Å². The number of piperidine rings is 1. The van der Waals surface area contributed by atoms with Gasteiger partial charge in [-0.3, -0.25) is 0 Å². The molecule has 0 radical (unpaired) electrons. The number of fused-ring (bicyclic) bond motifs is 1. The Bertz CT molecular complexity index is 724. The Kier molecular flexibility index (Phi) is 4.43. The summed E-state index contributed by atoms with van der Waals surface area (Å²) in [6.07, 6.45) is 2.64. The van der Waals surface area contributed by atoms with Gasteiger partial charge in [0.05, 0.1) is 19.8 Å². The molecule has 1 aromatic heterocycles. The van der Waals surface area contributed by atoms with Crippen LogP contribution in [0.2, 0.25) is 0 Å². The second-order valence-electron chi connectivity index (χ2n) is 6.37. The van der Waals surface area contributed by atoms with E-state index in [0.29, 0.717) is 26.3 Å². The molecule has 2 amide bonds. The first-order valence-electron chi connectivity index (χ1n) is 8.52. The van der Waals surface area contributed by atoms with E-state index in [2.05, 4.69) is 35.0 Å². The molecule has 5 nitrogen and oxygen atoms in total. The number of likely N-dealkylation sites (tertiary alicyclic amines) is 1. The zero-order valence-corrected chi connectivity index (χ0v) is 14.4. The van der Waals surface area contributed by atoms with E-state index in [4.69, 9.17) is 9.47 Å². The second-order valence-corrected chi connectivity index (χ2v) is 7.28. The Hall–Kier alpha value is -1.63. The van der Waals surface area contributed by atoms with E-state index < -0.39 is 5.79 Å². The molecule has 2 aliphatic heterocycles. The van der Waals surface area contributed by atoms with Crippen molar-refractivity contribution in [2.45, 2.75) is 25.0 Å². The molecule has 2 saturated heterocycles. The normalized spacial score (nSPS) is 19.9. The molecule has 2 aliphatic rings. The molecule has 0 atom stereocenters. The molecule has 1 aromatic carbocycles. The Morgan fingerprint density at radius 3 is 3.00 bits per heavy atom. The largest absolute Gasteiger partial charge is 0.346 e. The van der Waals surface area contributed by atoms with Gasteiger partial charge in [-0.25, -0.2) is 4.79 Å². The minimum atomic E-state index is -0.556. The fourth-order valence-electron chi connectivity index (χ4n) is 3.54. The van der Waals surface area contributed by atoms with E-state index >= 15 is 0 Å². The van der Waals surface area contributed by atoms with Gasteiger partial charge in [0.2, 0.25) is 0 Å². The van der Waals surface area contributed by atoms with Crippen LogP contribution in [0.3, 0.4) is 0 Å². The molecule has 2 aromatic rings. The molecular formula is C18H22N2O3S. The maximum absolute atomic E-state index is 12.4. The molecule has 3 heterocycles. The number of thiophene rings is 1. The first-order chi connectivity index (χ1) is 11.8. The maximum atomic E-state index is 12.4. The number of hydrogen-bond acceptors (Lipinski definition) is 4. The minimum absolute atomic E-state index is 0.0206. The third-order valence-electron chi connectivity index (χ3n) is 4.75. The lowest BCUT2D eigenvalue weighted by atomic mass is 10.1. The lowest BCUT2D eigenvalue weighted by molar-refractivity contribution is -0.182. The zero-order valence-electron chi connectivity index (χ0n) is 13.6. The summed E-state index contributed by atoms with van der Waals surface area (Å²) in [4.78, 5) is 14.3. The molecule has 0 aliphatic carbocycles. The molecule has 128 valence electrons. The predicted molar refractivity (Wildman–Crippen MR) is 94.4 cm³/mol. The van der Waals surface area contributed by atoms with Crippen LogP contribution in [0.25, 0.3) is 10.1 Å². The van der Waals surface area contributed by atoms with Crippen LogP contribution in [0.15, 0.2) is 29.6 Å². The van der Waals surface area contributed by atoms with Crippen LogP contribution >= 0.6 is 11.3 Å². The van der Waals surface area contributed by atoms with Crippen molar-refractivity contribution in [2.24, 2.45) is 0 Å². The van der Waals surface area contributed by atoms with Crippen molar-refractivity contribution in [2.75, 3.05) is 32.8 Å². The highest BCUT2D eigenvalue weighted by Crippen LogP contribution is 2.30. The fourth-order valence-corrected chi connectivity index (χ4v) is 4.53. The predicted octanol–water partition coefficient (Wildman–Crippen LogP) is 2.99. The monoisotopic (exact) mass is 346 g/mol. The summed E-state index contributed by atoms with van der Waals surface area (Å²) >= 11 is 1.76. The first-order valence-corrected chi connectivity index (χ1v) is 9.40. The van der Waals surface area contributed by atoms with Crippen molar-refractivity contribution in [1.29, 1.82) is 0 Å². The van der Waals surface area contributed by atoms with Crippen LogP contribution in [0.4, 0.5) is 4.79 Å². The van der Waals surface area contributed by atoms with Crippen molar-refractivity contribution in [3.05, 3.63) is 35.2 Å². The summed E-state index contributed by atoms with van der Waals surface area (Å²) in [5, 5.41) is 6.52. The summed E-state index contributed by atoms with van der Waals surface area (Å²) in [7, 11) is 0. The highest BCUT2D eigenvalue weighted by molar-refractivity contribution is 7.17. The van der Waals surface area contributed by atoms with Crippen LogP contribution in [-0.4, -0.2) is 49.6 Å². The molecule has 0 bridgehead atoms. The summed E-state index contributed by atoms with van der Waals surface area (Å²) < 4.78 is 12.8. The Morgan fingerprint density at radius 2 is 2.12 bits per heavy atom. The number of amides is 2. The van der Waals surface area contributed by atoms with Crippen LogP contribution in [0, 0.1) is 0 Å². The molecule has 1 spiro atoms. The number of hydrogen-bond donors (Lipinski definition) is 1. The van der Waals surface area contributed by atoms with Crippen LogP contribution in [0.1, 0.15) is 18.4 Å². The van der Waals surface area contributed by atoms with E-state index in [1.54, 1.807) is 11.3 Å². The van der Waals surface area contributed by atoms with Crippen molar-refractivity contribution in [1.82, 2.24) is 10.2 Å². The number of benzene rings is 1. The van der Waals surface area contributed by atoms with E-state index in [-0.39, 0.29) is 6.03 Å². The average molecular weight is 346 g/mol. The molecule has 1 N–H and O–H groups in total. The minimum Gasteiger partial charge on any atom is -0.346 e. The number of nitrogens with zero attached hydrogens (tertiary/aromatic N) is 1. The SMILES string of the molecule is O=C(NCCc1csc2ccccc12)N1CCCC2(C1)OCCO2. The highest BCUT2D eigenvalue weighted by atomic mass is 32.1. The van der Waals surface area contributed by atoms with Gasteiger partial charge >= 0.3 is 6.03 Å². The summed E-state index contributed by atoms with van der Waals surface area (Å²) in [5.41, 5.74) is 1.30. The van der Waals surface area contributed by atoms with Crippen molar-refractivity contribution < 1.29 is 14.3 Å². The topological polar surface area (TPSA) is 50.8 Å². The molecule has 6 heteroatoms. The molecule has 24 heavy (non-hydrogen) atoms. The van der Waals surface area contributed by atoms with Gasteiger partial charge in [0.15, 0.2) is 5.79 Å². The van der Waals surface area contributed by atoms with Gasteiger partial charge in [0.1, 0.15) is 0 Å². The molecule has 0 saturated carbocycles. The number of ether oxygens (including phenoxy) is 2. The van der Waals surface area contributed by atoms with E-state index in [1.165, 1.54) is 15.6 Å². The van der Waals surface area contributed by atoms with Gasteiger partial charge < -0.3 is 19.7 Å². The van der Waals surface area contributed by atoms with Gasteiger partial charge in [0, 0.05) is 24.2 Å². The number of rotatable bonds is 3. The first kappa shape index (κ1) is 15.9. The number of carbonyl (C=O) groups excluding carboxylic acids is 1. The Morgan fingerprint density at radius 1 is 1.29 bits per heavy atom. The van der Waals surface area contributed by atoms with Gasteiger partial charge in [-0.05, 0) is 35.2 Å². The molecule has 0 unspecified atom stereocenters. The van der Waals surface area contributed by atoms with Crippen LogP contribution in [-0.2, 0) is 15.9 Å². The van der Waals surface area contributed by atoms with E-state index in [0.717, 1.165) is 25.8 Å². The lowest BCUT2D eigenvalue weighted by Gasteiger charge is -2.38. The molecule has 2 fully saturated rings. The van der Waals surface area contributed by atoms with Crippen molar-refractivity contribution in [3.63, 3.8) is 0 Å². The Labute approximate surface area is 145 Å². The van der Waals surface area contributed by atoms with E-state index in [1.807, 2.05) is 4.90 Å². The van der Waals surface area contributed by atoms with Crippen LogP contribution < -0.4 is 5.32 Å². The molecule has 4 rings (SSSR count). The van der Waals surface area contributed by atoms with Gasteiger partial charge in [-0.15, -0.1) is 11.3 Å². The third-order valence-corrected chi connectivity index (χ3v) is 5.76. The standard InChI is InChI=1S/C18H22N2O3S/c21-17(20-9-3-7-18(13-20)22-10-11-23-18)19-8-6-14-12-24-16-5-2-1-4-15(14)16/h1-2,4-5,12H,3,6-11,13H2,(H,19,21). The highest BCUT2D eigenvalue weighted by Gasteiger charge is 2.42.